The van der Waals surface area contributed by atoms with Crippen molar-refractivity contribution in [1.29, 1.82) is 0 Å². The van der Waals surface area contributed by atoms with Crippen molar-refractivity contribution in [1.82, 2.24) is 15.1 Å². The molecule has 1 fully saturated rings. The second-order valence-corrected chi connectivity index (χ2v) is 9.46. The van der Waals surface area contributed by atoms with Crippen molar-refractivity contribution in [3.63, 3.8) is 0 Å². The van der Waals surface area contributed by atoms with Gasteiger partial charge in [-0.2, -0.15) is 0 Å². The lowest BCUT2D eigenvalue weighted by Gasteiger charge is -2.38. The summed E-state index contributed by atoms with van der Waals surface area (Å²) in [6.45, 7) is 5.12. The molecule has 2 aromatic rings. The number of nitrogens with two attached hydrogens (primary N) is 1. The van der Waals surface area contributed by atoms with Crippen LogP contribution in [0.5, 0.6) is 0 Å². The van der Waals surface area contributed by atoms with E-state index in [4.69, 9.17) is 10.5 Å². The van der Waals surface area contributed by atoms with Crippen LogP contribution in [0.1, 0.15) is 45.1 Å². The largest absolute Gasteiger partial charge is 0.378 e. The minimum atomic E-state index is -0.779. The second kappa shape index (κ2) is 13.4. The van der Waals surface area contributed by atoms with Crippen molar-refractivity contribution in [2.45, 2.75) is 64.3 Å². The molecule has 0 bridgehead atoms. The maximum atomic E-state index is 13.5. The van der Waals surface area contributed by atoms with E-state index < -0.39 is 12.2 Å². The lowest BCUT2D eigenvalue weighted by molar-refractivity contribution is -0.147. The number of nitrogens with zero attached hydrogens (tertiary/aromatic N) is 2. The molecule has 1 heterocycles. The van der Waals surface area contributed by atoms with Gasteiger partial charge in [0.05, 0.1) is 6.10 Å². The molecule has 2 unspecified atom stereocenters. The van der Waals surface area contributed by atoms with Gasteiger partial charge in [-0.15, -0.1) is 0 Å². The number of likely N-dealkylation sites (tertiary alicyclic amines) is 1. The first-order chi connectivity index (χ1) is 17.5. The molecular formula is C28H40N4O4. The average Bonchev–Trinajstić information content (AvgIpc) is 3.39. The van der Waals surface area contributed by atoms with Crippen LogP contribution >= 0.6 is 0 Å². The summed E-state index contributed by atoms with van der Waals surface area (Å²) in [7, 11) is 1.55. The Morgan fingerprint density at radius 3 is 2.56 bits per heavy atom. The number of fused-ring (bicyclic) bond motifs is 1. The number of carbonyl (C=O) groups is 3. The Kier molecular flexibility index (Phi) is 10.3. The quantitative estimate of drug-likeness (QED) is 0.415. The molecule has 1 aliphatic heterocycles. The van der Waals surface area contributed by atoms with Crippen LogP contribution in [0.4, 0.5) is 0 Å². The van der Waals surface area contributed by atoms with Gasteiger partial charge in [-0.3, -0.25) is 14.4 Å². The fourth-order valence-corrected chi connectivity index (χ4v) is 5.06. The summed E-state index contributed by atoms with van der Waals surface area (Å²) in [5, 5.41) is 5.10. The van der Waals surface area contributed by atoms with Crippen molar-refractivity contribution < 1.29 is 19.1 Å². The van der Waals surface area contributed by atoms with Crippen LogP contribution in [0.25, 0.3) is 10.8 Å². The zero-order valence-electron chi connectivity index (χ0n) is 21.7. The van der Waals surface area contributed by atoms with E-state index in [-0.39, 0.29) is 36.9 Å². The van der Waals surface area contributed by atoms with Crippen LogP contribution in [0, 0.1) is 5.92 Å². The molecule has 196 valence electrons. The summed E-state index contributed by atoms with van der Waals surface area (Å²) in [4.78, 5) is 42.7. The summed E-state index contributed by atoms with van der Waals surface area (Å²) in [5.74, 6) is -0.312. The summed E-state index contributed by atoms with van der Waals surface area (Å²) in [6.07, 6.45) is 3.24. The Hall–Kier alpha value is -2.97. The van der Waals surface area contributed by atoms with Gasteiger partial charge in [0, 0.05) is 39.1 Å². The third-order valence-electron chi connectivity index (χ3n) is 7.31. The van der Waals surface area contributed by atoms with Gasteiger partial charge >= 0.3 is 0 Å². The van der Waals surface area contributed by atoms with Gasteiger partial charge in [-0.05, 0) is 42.0 Å². The molecule has 8 nitrogen and oxygen atoms in total. The maximum Gasteiger partial charge on any atom is 0.243 e. The highest BCUT2D eigenvalue weighted by atomic mass is 16.5. The van der Waals surface area contributed by atoms with Crippen molar-refractivity contribution in [3.05, 3.63) is 48.0 Å². The van der Waals surface area contributed by atoms with E-state index in [1.54, 1.807) is 16.9 Å². The molecular weight excluding hydrogens is 456 g/mol. The number of hydrogen-bond donors (Lipinski definition) is 2. The minimum Gasteiger partial charge on any atom is -0.378 e. The average molecular weight is 497 g/mol. The topological polar surface area (TPSA) is 105 Å². The van der Waals surface area contributed by atoms with Crippen LogP contribution in [0.2, 0.25) is 0 Å². The minimum absolute atomic E-state index is 0.0572. The summed E-state index contributed by atoms with van der Waals surface area (Å²) >= 11 is 0. The Morgan fingerprint density at radius 1 is 1.19 bits per heavy atom. The fraction of sp³-hybridized carbons (Fsp3) is 0.536. The number of benzene rings is 2. The normalized spacial score (nSPS) is 17.2. The fourth-order valence-electron chi connectivity index (χ4n) is 5.06. The van der Waals surface area contributed by atoms with E-state index in [0.29, 0.717) is 19.4 Å². The molecule has 3 amide bonds. The lowest BCUT2D eigenvalue weighted by Crippen LogP contribution is -2.57. The number of carbonyl (C=O) groups excluding carboxylic acids is 3. The third-order valence-corrected chi connectivity index (χ3v) is 7.31. The van der Waals surface area contributed by atoms with Crippen molar-refractivity contribution in [2.75, 3.05) is 26.7 Å². The van der Waals surface area contributed by atoms with Crippen LogP contribution in [-0.4, -0.2) is 73.1 Å². The summed E-state index contributed by atoms with van der Waals surface area (Å²) in [5.41, 5.74) is 6.67. The molecule has 3 N–H and O–H groups in total. The smallest absolute Gasteiger partial charge is 0.243 e. The zero-order chi connectivity index (χ0) is 26.1. The molecule has 2 aromatic carbocycles. The maximum absolute atomic E-state index is 13.5. The van der Waals surface area contributed by atoms with Crippen LogP contribution in [0.15, 0.2) is 42.5 Å². The Morgan fingerprint density at radius 2 is 1.92 bits per heavy atom. The number of rotatable bonds is 13. The highest BCUT2D eigenvalue weighted by Gasteiger charge is 2.39. The molecule has 3 rings (SSSR count). The molecule has 8 heteroatoms. The van der Waals surface area contributed by atoms with Gasteiger partial charge < -0.3 is 25.6 Å². The number of hydrogen-bond acceptors (Lipinski definition) is 5. The number of ether oxygens (including phenoxy) is 1. The van der Waals surface area contributed by atoms with Gasteiger partial charge in [-0.1, -0.05) is 56.3 Å². The van der Waals surface area contributed by atoms with Gasteiger partial charge in [0.25, 0.3) is 0 Å². The van der Waals surface area contributed by atoms with Gasteiger partial charge in [0.1, 0.15) is 12.2 Å². The van der Waals surface area contributed by atoms with Gasteiger partial charge in [-0.25, -0.2) is 0 Å². The molecule has 0 aromatic heterocycles. The van der Waals surface area contributed by atoms with Crippen LogP contribution < -0.4 is 11.1 Å². The molecule has 1 aliphatic rings. The Labute approximate surface area is 214 Å². The number of methoxy groups -OCH3 is 1. The lowest BCUT2D eigenvalue weighted by atomic mass is 9.99. The highest BCUT2D eigenvalue weighted by Crippen LogP contribution is 2.27. The summed E-state index contributed by atoms with van der Waals surface area (Å²) < 4.78 is 5.31. The van der Waals surface area contributed by atoms with Crippen molar-refractivity contribution in [2.24, 2.45) is 11.7 Å². The Bertz CT molecular complexity index is 1020. The van der Waals surface area contributed by atoms with E-state index in [1.807, 2.05) is 50.2 Å². The highest BCUT2D eigenvalue weighted by molar-refractivity contribution is 5.86. The molecule has 0 radical (unpaired) electrons. The van der Waals surface area contributed by atoms with Crippen molar-refractivity contribution >= 4 is 29.0 Å². The third kappa shape index (κ3) is 6.42. The molecule has 1 saturated heterocycles. The standard InChI is InChI=1S/C28H40N4O4/c1-4-21(5-2)28(35)31-14-8-11-26(31)32(19-33)25(27(34)30-18-24(17-29)36-3)16-20-12-13-22-9-6-7-10-23(22)15-20/h6-7,9-10,12-13,15,19,21,24-26H,4-5,8,11,14,16-18,29H2,1-3H3,(H,30,34)/t24?,25-,26?/m1/s1. The SMILES string of the molecule is CCC(CC)C(=O)N1CCCC1N(C=O)[C@H](Cc1ccc2ccccc2c1)C(=O)NCC(CN)OC. The Balaban J connectivity index is 1.91. The van der Waals surface area contributed by atoms with Gasteiger partial charge in [0.2, 0.25) is 18.2 Å². The first-order valence-electron chi connectivity index (χ1n) is 13.0. The number of amides is 3. The van der Waals surface area contributed by atoms with Gasteiger partial charge in [0.15, 0.2) is 0 Å². The first kappa shape index (κ1) is 27.6. The molecule has 36 heavy (non-hydrogen) atoms. The van der Waals surface area contributed by atoms with E-state index in [1.165, 1.54) is 0 Å². The van der Waals surface area contributed by atoms with E-state index >= 15 is 0 Å². The number of nitrogens with one attached hydrogen (secondary N) is 1. The molecule has 3 atom stereocenters. The summed E-state index contributed by atoms with van der Waals surface area (Å²) in [6, 6.07) is 13.3. The predicted octanol–water partition coefficient (Wildman–Crippen LogP) is 2.68. The van der Waals surface area contributed by atoms with Crippen LogP contribution in [0.3, 0.4) is 0 Å². The van der Waals surface area contributed by atoms with E-state index in [0.717, 1.165) is 42.0 Å². The van der Waals surface area contributed by atoms with Crippen molar-refractivity contribution in [3.8, 4) is 0 Å². The predicted molar refractivity (Wildman–Crippen MR) is 141 cm³/mol. The second-order valence-electron chi connectivity index (χ2n) is 9.46. The molecule has 0 saturated carbocycles. The van der Waals surface area contributed by atoms with E-state index in [9.17, 15) is 14.4 Å². The monoisotopic (exact) mass is 496 g/mol. The van der Waals surface area contributed by atoms with Crippen LogP contribution in [-0.2, 0) is 25.5 Å². The zero-order valence-corrected chi connectivity index (χ0v) is 21.7. The first-order valence-corrected chi connectivity index (χ1v) is 13.0. The molecule has 0 spiro atoms. The van der Waals surface area contributed by atoms with E-state index in [2.05, 4.69) is 11.4 Å². The molecule has 0 aliphatic carbocycles.